The third kappa shape index (κ3) is 7.48. The fourth-order valence-electron chi connectivity index (χ4n) is 6.09. The van der Waals surface area contributed by atoms with Crippen LogP contribution in [0.2, 0.25) is 0 Å². The van der Waals surface area contributed by atoms with E-state index in [1.54, 1.807) is 13.3 Å². The Labute approximate surface area is 274 Å². The first-order chi connectivity index (χ1) is 22.9. The van der Waals surface area contributed by atoms with Crippen LogP contribution >= 0.6 is 0 Å². The molecule has 1 aromatic heterocycles. The number of cyclic esters (lactones) is 2. The number of rotatable bonds is 8. The van der Waals surface area contributed by atoms with Crippen LogP contribution in [0.4, 0.5) is 0 Å². The maximum Gasteiger partial charge on any atom is 0.377 e. The number of aliphatic hydroxyl groups excluding tert-OH is 9. The molecular weight excluding hydrogens is 636 g/mol. The van der Waals surface area contributed by atoms with E-state index in [0.717, 1.165) is 41.7 Å². The van der Waals surface area contributed by atoms with E-state index >= 15 is 0 Å². The van der Waals surface area contributed by atoms with Gasteiger partial charge >= 0.3 is 11.9 Å². The van der Waals surface area contributed by atoms with Gasteiger partial charge in [0.2, 0.25) is 11.5 Å². The molecule has 9 atom stereocenters. The Balaban J connectivity index is 0.000000183. The number of benzene rings is 1. The van der Waals surface area contributed by atoms with Crippen molar-refractivity contribution < 1.29 is 69.8 Å². The van der Waals surface area contributed by atoms with Crippen LogP contribution < -0.4 is 4.74 Å². The highest BCUT2D eigenvalue weighted by molar-refractivity contribution is 5.89. The average molecular weight is 677 g/mol. The number of aromatic nitrogens is 1. The molecule has 2 bridgehead atoms. The van der Waals surface area contributed by atoms with Crippen molar-refractivity contribution in [1.29, 1.82) is 0 Å². The highest BCUT2D eigenvalue weighted by Crippen LogP contribution is 2.42. The molecule has 0 amide bonds. The molecule has 16 nitrogen and oxygen atoms in total. The maximum absolute atomic E-state index is 11.2. The second-order valence-corrected chi connectivity index (χ2v) is 11.6. The highest BCUT2D eigenvalue weighted by atomic mass is 16.6. The minimum Gasteiger partial charge on any atom is -0.505 e. The van der Waals surface area contributed by atoms with Crippen molar-refractivity contribution in [1.82, 2.24) is 9.88 Å². The molecule has 0 saturated carbocycles. The van der Waals surface area contributed by atoms with E-state index in [4.69, 9.17) is 45.6 Å². The zero-order valence-corrected chi connectivity index (χ0v) is 26.0. The Morgan fingerprint density at radius 3 is 2.00 bits per heavy atom. The predicted molar refractivity (Wildman–Crippen MR) is 166 cm³/mol. The summed E-state index contributed by atoms with van der Waals surface area (Å²) in [5, 5.41) is 82.2. The third-order valence-corrected chi connectivity index (χ3v) is 8.77. The van der Waals surface area contributed by atoms with Gasteiger partial charge in [0, 0.05) is 24.2 Å². The molecule has 3 fully saturated rings. The minimum atomic E-state index is -1.42. The first-order valence-corrected chi connectivity index (χ1v) is 15.1. The summed E-state index contributed by atoms with van der Waals surface area (Å²) in [6.45, 7) is 4.73. The van der Waals surface area contributed by atoms with Gasteiger partial charge in [-0.2, -0.15) is 0 Å². The van der Waals surface area contributed by atoms with Crippen molar-refractivity contribution >= 4 is 22.8 Å². The first kappa shape index (κ1) is 36.4. The monoisotopic (exact) mass is 676 g/mol. The number of hydrogen-bond acceptors (Lipinski definition) is 16. The Kier molecular flexibility index (Phi) is 11.9. The summed E-state index contributed by atoms with van der Waals surface area (Å²) < 4.78 is 14.0. The number of carbonyl (C=O) groups is 2. The normalized spacial score (nSPS) is 28.0. The van der Waals surface area contributed by atoms with Gasteiger partial charge in [-0.25, -0.2) is 9.59 Å². The first-order valence-electron chi connectivity index (χ1n) is 15.1. The van der Waals surface area contributed by atoms with Crippen LogP contribution in [0.25, 0.3) is 10.9 Å². The number of piperidine rings is 3. The molecule has 5 aliphatic heterocycles. The lowest BCUT2D eigenvalue weighted by atomic mass is 9.73. The summed E-state index contributed by atoms with van der Waals surface area (Å²) in [6.07, 6.45) is 0.0669. The Morgan fingerprint density at radius 1 is 0.979 bits per heavy atom. The van der Waals surface area contributed by atoms with Crippen molar-refractivity contribution in [2.45, 2.75) is 49.4 Å². The molecule has 0 aliphatic carbocycles. The largest absolute Gasteiger partial charge is 0.505 e. The quantitative estimate of drug-likeness (QED) is 0.135. The number of ether oxygens (including phenoxy) is 3. The highest BCUT2D eigenvalue weighted by Gasteiger charge is 2.43. The van der Waals surface area contributed by atoms with Gasteiger partial charge in [0.25, 0.3) is 0 Å². The summed E-state index contributed by atoms with van der Waals surface area (Å²) >= 11 is 0. The number of methoxy groups -OCH3 is 1. The molecule has 7 rings (SSSR count). The van der Waals surface area contributed by atoms with Crippen LogP contribution in [0.15, 0.2) is 66.2 Å². The van der Waals surface area contributed by atoms with Gasteiger partial charge in [-0.1, -0.05) is 6.08 Å². The third-order valence-electron chi connectivity index (χ3n) is 8.77. The smallest absolute Gasteiger partial charge is 0.377 e. The molecule has 5 aliphatic rings. The molecule has 0 radical (unpaired) electrons. The van der Waals surface area contributed by atoms with E-state index in [1.165, 1.54) is 6.42 Å². The lowest BCUT2D eigenvalue weighted by molar-refractivity contribution is -0.148. The second kappa shape index (κ2) is 15.6. The zero-order valence-electron chi connectivity index (χ0n) is 26.0. The molecule has 2 aromatic rings. The standard InChI is InChI=1S/C20H24N2O2.2C6H8O6/c1-3-13-12-22-9-7-14(13)10-19(22)20(23)16-6-8-21-18-5-4-15(24-2)11-17(16)18;2*7-1-2(8)5-3(9)4(10)6(11)12-5/h3-6,8,11,13-14,19-20,23H,1,7,9-10,12H2,2H3;2*2,5,7-10H,1H2. The molecule has 262 valence electrons. The molecule has 9 N–H and O–H groups in total. The van der Waals surface area contributed by atoms with Crippen molar-refractivity contribution in [3.8, 4) is 5.75 Å². The van der Waals surface area contributed by atoms with Crippen molar-refractivity contribution in [2.24, 2.45) is 11.8 Å². The molecule has 1 aromatic carbocycles. The molecule has 16 heteroatoms. The summed E-state index contributed by atoms with van der Waals surface area (Å²) in [4.78, 5) is 27.9. The average Bonchev–Trinajstić information content (AvgIpc) is 3.54. The van der Waals surface area contributed by atoms with Crippen molar-refractivity contribution in [2.75, 3.05) is 33.4 Å². The van der Waals surface area contributed by atoms with Gasteiger partial charge < -0.3 is 60.2 Å². The Hall–Kier alpha value is -4.45. The maximum atomic E-state index is 11.2. The number of carbonyl (C=O) groups excluding carboxylic acids is 2. The lowest BCUT2D eigenvalue weighted by Crippen LogP contribution is -2.54. The Morgan fingerprint density at radius 2 is 1.56 bits per heavy atom. The molecule has 48 heavy (non-hydrogen) atoms. The van der Waals surface area contributed by atoms with E-state index in [9.17, 15) is 14.7 Å². The van der Waals surface area contributed by atoms with Gasteiger partial charge in [0.05, 0.1) is 31.9 Å². The van der Waals surface area contributed by atoms with Crippen LogP contribution in [0.3, 0.4) is 0 Å². The summed E-state index contributed by atoms with van der Waals surface area (Å²) in [7, 11) is 1.66. The SMILES string of the molecule is C=CC1CN2CCC1CC2C(O)c1ccnc2ccc(OC)cc12.O=C1OC(C(O)CO)C(O)=C1O.O=C1OC(C(O)CO)C(O)=C1O. The van der Waals surface area contributed by atoms with Crippen LogP contribution in [0.5, 0.6) is 5.75 Å². The lowest BCUT2D eigenvalue weighted by Gasteiger charge is -2.50. The van der Waals surface area contributed by atoms with Gasteiger partial charge in [0.1, 0.15) is 18.0 Å². The number of fused-ring (bicyclic) bond motifs is 4. The molecule has 3 saturated heterocycles. The fourth-order valence-corrected chi connectivity index (χ4v) is 6.09. The van der Waals surface area contributed by atoms with Crippen molar-refractivity contribution in [3.63, 3.8) is 0 Å². The van der Waals surface area contributed by atoms with E-state index in [-0.39, 0.29) is 6.04 Å². The molecule has 9 unspecified atom stereocenters. The van der Waals surface area contributed by atoms with Gasteiger partial charge in [-0.3, -0.25) is 9.88 Å². The fraction of sp³-hybridized carbons (Fsp3) is 0.469. The van der Waals surface area contributed by atoms with E-state index < -0.39 is 78.7 Å². The molecular formula is C32H40N2O14. The van der Waals surface area contributed by atoms with Crippen LogP contribution in [0, 0.1) is 11.8 Å². The Bertz CT molecular complexity index is 1510. The molecule has 6 heterocycles. The molecule has 0 spiro atoms. The predicted octanol–water partition coefficient (Wildman–Crippen LogP) is 0.358. The summed E-state index contributed by atoms with van der Waals surface area (Å²) in [5.74, 6) is -3.55. The summed E-state index contributed by atoms with van der Waals surface area (Å²) in [5.41, 5.74) is 1.85. The summed E-state index contributed by atoms with van der Waals surface area (Å²) in [6, 6.07) is 7.96. The van der Waals surface area contributed by atoms with E-state index in [0.29, 0.717) is 11.8 Å². The van der Waals surface area contributed by atoms with E-state index in [2.05, 4.69) is 32.0 Å². The van der Waals surface area contributed by atoms with Crippen LogP contribution in [-0.4, -0.2) is 132 Å². The number of esters is 2. The minimum absolute atomic E-state index is 0.178. The van der Waals surface area contributed by atoms with Gasteiger partial charge in [0.15, 0.2) is 23.7 Å². The van der Waals surface area contributed by atoms with Crippen LogP contribution in [-0.2, 0) is 19.1 Å². The number of pyridine rings is 1. The van der Waals surface area contributed by atoms with E-state index in [1.807, 2.05) is 24.3 Å². The second-order valence-electron chi connectivity index (χ2n) is 11.6. The number of hydrogen-bond donors (Lipinski definition) is 9. The number of nitrogens with zero attached hydrogens (tertiary/aromatic N) is 2. The van der Waals surface area contributed by atoms with Crippen molar-refractivity contribution in [3.05, 3.63) is 71.7 Å². The van der Waals surface area contributed by atoms with Crippen LogP contribution in [0.1, 0.15) is 24.5 Å². The van der Waals surface area contributed by atoms with Gasteiger partial charge in [-0.15, -0.1) is 6.58 Å². The zero-order chi connectivity index (χ0) is 35.3. The topological polar surface area (TPSA) is 260 Å². The number of aliphatic hydroxyl groups is 9. The van der Waals surface area contributed by atoms with Gasteiger partial charge in [-0.05, 0) is 61.1 Å².